The summed E-state index contributed by atoms with van der Waals surface area (Å²) in [6, 6.07) is 0. The minimum atomic E-state index is -0.283. The van der Waals surface area contributed by atoms with Gasteiger partial charge in [-0.3, -0.25) is 9.78 Å². The van der Waals surface area contributed by atoms with E-state index in [9.17, 15) is 9.59 Å². The van der Waals surface area contributed by atoms with E-state index in [-0.39, 0.29) is 11.6 Å². The van der Waals surface area contributed by atoms with Crippen molar-refractivity contribution in [3.05, 3.63) is 40.6 Å². The van der Waals surface area contributed by atoms with Gasteiger partial charge in [-0.15, -0.1) is 0 Å². The van der Waals surface area contributed by atoms with Gasteiger partial charge in [0.05, 0.1) is 0 Å². The Labute approximate surface area is 138 Å². The average Bonchev–Trinajstić information content (AvgIpc) is 3.02. The van der Waals surface area contributed by atoms with Gasteiger partial charge in [-0.05, 0) is 31.3 Å². The van der Waals surface area contributed by atoms with Crippen LogP contribution in [-0.4, -0.2) is 38.8 Å². The number of carbonyl (C=O) groups is 1. The van der Waals surface area contributed by atoms with Crippen molar-refractivity contribution in [1.29, 1.82) is 0 Å². The lowest BCUT2D eigenvalue weighted by molar-refractivity contribution is -0.119. The van der Waals surface area contributed by atoms with Crippen LogP contribution >= 0.6 is 0 Å². The van der Waals surface area contributed by atoms with E-state index in [1.807, 2.05) is 12.2 Å². The third-order valence-electron chi connectivity index (χ3n) is 4.79. The van der Waals surface area contributed by atoms with E-state index < -0.39 is 0 Å². The van der Waals surface area contributed by atoms with Gasteiger partial charge in [0.25, 0.3) is 0 Å². The molecule has 0 unspecified atom stereocenters. The predicted molar refractivity (Wildman–Crippen MR) is 90.9 cm³/mol. The van der Waals surface area contributed by atoms with Crippen molar-refractivity contribution in [2.75, 3.05) is 18.0 Å². The van der Waals surface area contributed by atoms with Crippen LogP contribution in [0.4, 0.5) is 5.82 Å². The molecule has 0 saturated carbocycles. The predicted octanol–water partition coefficient (Wildman–Crippen LogP) is 1.71. The number of nitrogens with one attached hydrogen (secondary N) is 2. The number of fused-ring (bicyclic) bond motifs is 1. The first-order valence-electron chi connectivity index (χ1n) is 8.30. The molecule has 0 bridgehead atoms. The Morgan fingerprint density at radius 3 is 2.79 bits per heavy atom. The summed E-state index contributed by atoms with van der Waals surface area (Å²) in [4.78, 5) is 40.0. The van der Waals surface area contributed by atoms with Crippen molar-refractivity contribution < 1.29 is 4.79 Å². The average molecular weight is 325 g/mol. The van der Waals surface area contributed by atoms with E-state index in [0.717, 1.165) is 50.2 Å². The number of imidazole rings is 1. The highest BCUT2D eigenvalue weighted by atomic mass is 16.1. The van der Waals surface area contributed by atoms with Gasteiger partial charge in [0.1, 0.15) is 11.8 Å². The van der Waals surface area contributed by atoms with Gasteiger partial charge in [0, 0.05) is 19.0 Å². The quantitative estimate of drug-likeness (QED) is 0.896. The van der Waals surface area contributed by atoms with Crippen LogP contribution in [0.25, 0.3) is 11.2 Å². The van der Waals surface area contributed by atoms with Gasteiger partial charge in [0.15, 0.2) is 17.2 Å². The fraction of sp³-hybridized carbons (Fsp3) is 0.412. The molecule has 24 heavy (non-hydrogen) atoms. The van der Waals surface area contributed by atoms with Gasteiger partial charge in [-0.1, -0.05) is 18.2 Å². The summed E-state index contributed by atoms with van der Waals surface area (Å²) in [6.07, 6.45) is 10.9. The molecule has 3 heterocycles. The maximum atomic E-state index is 12.6. The molecule has 1 aliphatic carbocycles. The summed E-state index contributed by atoms with van der Waals surface area (Å²) >= 11 is 0. The first-order chi connectivity index (χ1) is 11.7. The van der Waals surface area contributed by atoms with Crippen LogP contribution in [0.1, 0.15) is 25.7 Å². The monoisotopic (exact) mass is 325 g/mol. The summed E-state index contributed by atoms with van der Waals surface area (Å²) in [7, 11) is 0. The number of aromatic nitrogens is 4. The second-order valence-corrected chi connectivity index (χ2v) is 6.28. The second kappa shape index (κ2) is 6.07. The van der Waals surface area contributed by atoms with Crippen molar-refractivity contribution in [2.45, 2.75) is 25.7 Å². The van der Waals surface area contributed by atoms with E-state index in [0.29, 0.717) is 16.9 Å². The highest BCUT2D eigenvalue weighted by Gasteiger charge is 2.28. The number of piperidine rings is 1. The summed E-state index contributed by atoms with van der Waals surface area (Å²) in [5.74, 6) is 1.10. The third kappa shape index (κ3) is 2.66. The van der Waals surface area contributed by atoms with E-state index in [1.54, 1.807) is 0 Å². The number of hydrogen-bond acceptors (Lipinski definition) is 5. The molecule has 2 aromatic heterocycles. The van der Waals surface area contributed by atoms with Crippen LogP contribution < -0.4 is 10.6 Å². The number of carbonyl (C=O) groups excluding carboxylic acids is 1. The van der Waals surface area contributed by atoms with Crippen LogP contribution in [0.3, 0.4) is 0 Å². The Morgan fingerprint density at radius 1 is 1.21 bits per heavy atom. The van der Waals surface area contributed by atoms with E-state index >= 15 is 0 Å². The molecule has 0 atom stereocenters. The minimum Gasteiger partial charge on any atom is -0.355 e. The largest absolute Gasteiger partial charge is 0.355 e. The molecular weight excluding hydrogens is 306 g/mol. The number of anilines is 1. The molecule has 2 aliphatic rings. The summed E-state index contributed by atoms with van der Waals surface area (Å²) in [5, 5.41) is 0. The number of hydrogen-bond donors (Lipinski definition) is 2. The topological polar surface area (TPSA) is 94.7 Å². The van der Waals surface area contributed by atoms with Gasteiger partial charge >= 0.3 is 5.69 Å². The summed E-state index contributed by atoms with van der Waals surface area (Å²) < 4.78 is 0. The summed E-state index contributed by atoms with van der Waals surface area (Å²) in [5.41, 5.74) is 1.82. The molecule has 1 saturated heterocycles. The molecule has 2 aromatic rings. The van der Waals surface area contributed by atoms with Gasteiger partial charge < -0.3 is 9.88 Å². The molecule has 1 aliphatic heterocycles. The van der Waals surface area contributed by atoms with E-state index in [1.165, 1.54) is 6.33 Å². The Morgan fingerprint density at radius 2 is 2.04 bits per heavy atom. The number of rotatable bonds is 3. The van der Waals surface area contributed by atoms with Crippen molar-refractivity contribution in [1.82, 2.24) is 19.9 Å². The molecule has 124 valence electrons. The van der Waals surface area contributed by atoms with Gasteiger partial charge in [-0.2, -0.15) is 0 Å². The van der Waals surface area contributed by atoms with Crippen molar-refractivity contribution >= 4 is 22.8 Å². The van der Waals surface area contributed by atoms with Crippen molar-refractivity contribution in [3.63, 3.8) is 0 Å². The lowest BCUT2D eigenvalue weighted by atomic mass is 9.86. The minimum absolute atomic E-state index is 0.0848. The zero-order chi connectivity index (χ0) is 16.5. The molecule has 2 N–H and O–H groups in total. The lowest BCUT2D eigenvalue weighted by Crippen LogP contribution is -2.37. The van der Waals surface area contributed by atoms with E-state index in [4.69, 9.17) is 0 Å². The van der Waals surface area contributed by atoms with Crippen LogP contribution in [-0.2, 0) is 4.79 Å². The fourth-order valence-electron chi connectivity index (χ4n) is 3.50. The van der Waals surface area contributed by atoms with Crippen LogP contribution in [0.15, 0.2) is 34.9 Å². The number of H-pyrrole nitrogens is 2. The number of ketones is 1. The van der Waals surface area contributed by atoms with Crippen molar-refractivity contribution in [3.8, 4) is 0 Å². The molecular formula is C17H19N5O2. The van der Waals surface area contributed by atoms with Gasteiger partial charge in [0.2, 0.25) is 0 Å². The molecule has 7 nitrogen and oxygen atoms in total. The first-order valence-corrected chi connectivity index (χ1v) is 8.30. The standard InChI is InChI=1S/C17H19N5O2/c23-14(11-4-2-1-3-5-11)12-6-8-22(9-7-12)16-13-15(18-10-19-16)21-17(24)20-13/h1-2,4,10,12H,3,5-9H2,(H2,18,19,20,21,24). The first kappa shape index (κ1) is 14.9. The molecule has 4 rings (SSSR count). The molecule has 7 heteroatoms. The van der Waals surface area contributed by atoms with Gasteiger partial charge in [-0.25, -0.2) is 14.8 Å². The van der Waals surface area contributed by atoms with Crippen LogP contribution in [0, 0.1) is 5.92 Å². The Hall–Kier alpha value is -2.70. The second-order valence-electron chi connectivity index (χ2n) is 6.28. The molecule has 0 spiro atoms. The Bertz CT molecular complexity index is 884. The summed E-state index contributed by atoms with van der Waals surface area (Å²) in [6.45, 7) is 1.50. The molecule has 1 fully saturated rings. The SMILES string of the molecule is O=C(C1=CC=CCC1)C1CCN(c2ncnc3[nH]c(=O)[nH]c23)CC1. The number of Topliss-reactive ketones (excluding diaryl/α,β-unsaturated/α-hetero) is 1. The Kier molecular flexibility index (Phi) is 3.76. The Balaban J connectivity index is 1.49. The smallest absolute Gasteiger partial charge is 0.325 e. The zero-order valence-electron chi connectivity index (χ0n) is 13.3. The fourth-order valence-corrected chi connectivity index (χ4v) is 3.50. The maximum Gasteiger partial charge on any atom is 0.325 e. The maximum absolute atomic E-state index is 12.6. The van der Waals surface area contributed by atoms with E-state index in [2.05, 4.69) is 30.9 Å². The number of aromatic amines is 2. The molecule has 0 radical (unpaired) electrons. The highest BCUT2D eigenvalue weighted by molar-refractivity contribution is 5.97. The lowest BCUT2D eigenvalue weighted by Gasteiger charge is -2.32. The van der Waals surface area contributed by atoms with Crippen LogP contribution in [0.2, 0.25) is 0 Å². The van der Waals surface area contributed by atoms with Crippen molar-refractivity contribution in [2.24, 2.45) is 5.92 Å². The highest BCUT2D eigenvalue weighted by Crippen LogP contribution is 2.28. The molecule has 0 amide bonds. The van der Waals surface area contributed by atoms with Crippen LogP contribution in [0.5, 0.6) is 0 Å². The zero-order valence-corrected chi connectivity index (χ0v) is 13.3. The molecule has 0 aromatic carbocycles. The normalized spacial score (nSPS) is 18.8. The third-order valence-corrected chi connectivity index (χ3v) is 4.79. The number of nitrogens with zero attached hydrogens (tertiary/aromatic N) is 3. The number of allylic oxidation sites excluding steroid dienone is 4.